The number of oxazole rings is 1. The first-order valence-corrected chi connectivity index (χ1v) is 9.90. The predicted octanol–water partition coefficient (Wildman–Crippen LogP) is 3.68. The number of carbonyl (C=O) groups is 1. The van der Waals surface area contributed by atoms with Gasteiger partial charge >= 0.3 is 0 Å². The largest absolute Gasteiger partial charge is 0.493 e. The van der Waals surface area contributed by atoms with Crippen molar-refractivity contribution in [2.45, 2.75) is 25.3 Å². The summed E-state index contributed by atoms with van der Waals surface area (Å²) in [7, 11) is 0. The Bertz CT molecular complexity index is 958. The molecule has 3 heterocycles. The Morgan fingerprint density at radius 2 is 1.82 bits per heavy atom. The van der Waals surface area contributed by atoms with Crippen LogP contribution in [0.2, 0.25) is 0 Å². The summed E-state index contributed by atoms with van der Waals surface area (Å²) in [5, 5.41) is 3.24. The first kappa shape index (κ1) is 17.1. The van der Waals surface area contributed by atoms with Gasteiger partial charge in [0.15, 0.2) is 5.58 Å². The highest BCUT2D eigenvalue weighted by Crippen LogP contribution is 2.32. The van der Waals surface area contributed by atoms with Gasteiger partial charge in [-0.1, -0.05) is 30.3 Å². The molecule has 1 aromatic heterocycles. The molecule has 0 radical (unpaired) electrons. The fourth-order valence-electron chi connectivity index (χ4n) is 4.11. The molecule has 2 aliphatic heterocycles. The molecule has 0 saturated carbocycles. The number of para-hydroxylation sites is 3. The van der Waals surface area contributed by atoms with Crippen molar-refractivity contribution < 1.29 is 13.9 Å². The number of nitrogens with zero attached hydrogens (tertiary/aromatic N) is 2. The topological polar surface area (TPSA) is 67.6 Å². The van der Waals surface area contributed by atoms with Crippen LogP contribution in [0.3, 0.4) is 0 Å². The van der Waals surface area contributed by atoms with E-state index < -0.39 is 0 Å². The summed E-state index contributed by atoms with van der Waals surface area (Å²) in [4.78, 5) is 19.6. The molecule has 3 aromatic rings. The van der Waals surface area contributed by atoms with Gasteiger partial charge in [-0.25, -0.2) is 0 Å². The van der Waals surface area contributed by atoms with Crippen molar-refractivity contribution in [1.82, 2.24) is 10.3 Å². The molecule has 6 heteroatoms. The second-order valence-corrected chi connectivity index (χ2v) is 7.46. The number of hydrogen-bond donors (Lipinski definition) is 1. The maximum atomic E-state index is 12.9. The Kier molecular flexibility index (Phi) is 4.39. The number of hydrogen-bond acceptors (Lipinski definition) is 5. The van der Waals surface area contributed by atoms with E-state index in [0.29, 0.717) is 12.6 Å². The zero-order valence-electron chi connectivity index (χ0n) is 15.6. The molecule has 1 unspecified atom stereocenters. The molecule has 2 aromatic carbocycles. The summed E-state index contributed by atoms with van der Waals surface area (Å²) in [6.07, 6.45) is 2.41. The standard InChI is InChI=1S/C22H23N3O3/c26-21(23-17-11-14-27-19-7-3-1-5-16(17)19)15-9-12-25(13-10-15)22-24-18-6-2-4-8-20(18)28-22/h1-8,15,17H,9-14H2,(H,23,26). The van der Waals surface area contributed by atoms with Crippen LogP contribution in [0.5, 0.6) is 5.75 Å². The molecule has 5 rings (SSSR count). The molecule has 28 heavy (non-hydrogen) atoms. The highest BCUT2D eigenvalue weighted by atomic mass is 16.5. The van der Waals surface area contributed by atoms with Crippen molar-refractivity contribution in [3.05, 3.63) is 54.1 Å². The summed E-state index contributed by atoms with van der Waals surface area (Å²) in [5.41, 5.74) is 2.75. The minimum absolute atomic E-state index is 0.0237. The normalized spacial score (nSPS) is 19.9. The van der Waals surface area contributed by atoms with Crippen LogP contribution in [-0.2, 0) is 4.79 Å². The van der Waals surface area contributed by atoms with Crippen molar-refractivity contribution in [2.24, 2.45) is 5.92 Å². The number of benzene rings is 2. The van der Waals surface area contributed by atoms with Crippen LogP contribution >= 0.6 is 0 Å². The van der Waals surface area contributed by atoms with Crippen molar-refractivity contribution in [1.29, 1.82) is 0 Å². The van der Waals surface area contributed by atoms with Crippen LogP contribution in [0.25, 0.3) is 11.1 Å². The third-order valence-electron chi connectivity index (χ3n) is 5.69. The molecule has 0 bridgehead atoms. The number of carbonyl (C=O) groups excluding carboxylic acids is 1. The SMILES string of the molecule is O=C(NC1CCOc2ccccc21)C1CCN(c2nc3ccccc3o2)CC1. The molecule has 0 aliphatic carbocycles. The van der Waals surface area contributed by atoms with Crippen molar-refractivity contribution in [3.63, 3.8) is 0 Å². The van der Waals surface area contributed by atoms with Crippen LogP contribution in [0.15, 0.2) is 52.9 Å². The van der Waals surface area contributed by atoms with Gasteiger partial charge in [-0.3, -0.25) is 4.79 Å². The van der Waals surface area contributed by atoms with Gasteiger partial charge in [0.25, 0.3) is 6.01 Å². The molecular formula is C22H23N3O3. The zero-order valence-corrected chi connectivity index (χ0v) is 15.6. The third kappa shape index (κ3) is 3.19. The lowest BCUT2D eigenvalue weighted by Crippen LogP contribution is -2.42. The molecule has 1 saturated heterocycles. The second-order valence-electron chi connectivity index (χ2n) is 7.46. The third-order valence-corrected chi connectivity index (χ3v) is 5.69. The highest BCUT2D eigenvalue weighted by molar-refractivity contribution is 5.80. The molecule has 1 N–H and O–H groups in total. The van der Waals surface area contributed by atoms with E-state index in [2.05, 4.69) is 15.2 Å². The lowest BCUT2D eigenvalue weighted by atomic mass is 9.94. The van der Waals surface area contributed by atoms with Crippen molar-refractivity contribution in [3.8, 4) is 5.75 Å². The number of piperidine rings is 1. The van der Waals surface area contributed by atoms with E-state index >= 15 is 0 Å². The Hall–Kier alpha value is -3.02. The maximum Gasteiger partial charge on any atom is 0.298 e. The highest BCUT2D eigenvalue weighted by Gasteiger charge is 2.30. The summed E-state index contributed by atoms with van der Waals surface area (Å²) in [6.45, 7) is 2.18. The van der Waals surface area contributed by atoms with Gasteiger partial charge in [-0.15, -0.1) is 0 Å². The van der Waals surface area contributed by atoms with Gasteiger partial charge in [0, 0.05) is 31.0 Å². The lowest BCUT2D eigenvalue weighted by Gasteiger charge is -2.32. The smallest absolute Gasteiger partial charge is 0.298 e. The summed E-state index contributed by atoms with van der Waals surface area (Å²) < 4.78 is 11.6. The summed E-state index contributed by atoms with van der Waals surface area (Å²) in [5.74, 6) is 1.04. The van der Waals surface area contributed by atoms with Crippen LogP contribution in [-0.4, -0.2) is 30.6 Å². The van der Waals surface area contributed by atoms with Gasteiger partial charge in [0.2, 0.25) is 5.91 Å². The molecule has 144 valence electrons. The monoisotopic (exact) mass is 377 g/mol. The molecule has 6 nitrogen and oxygen atoms in total. The Balaban J connectivity index is 1.22. The number of fused-ring (bicyclic) bond motifs is 2. The first-order valence-electron chi connectivity index (χ1n) is 9.90. The number of ether oxygens (including phenoxy) is 1. The summed E-state index contributed by atoms with van der Waals surface area (Å²) >= 11 is 0. The van der Waals surface area contributed by atoms with Crippen LogP contribution in [0, 0.1) is 5.92 Å². The Morgan fingerprint density at radius 1 is 1.04 bits per heavy atom. The average Bonchev–Trinajstić information content (AvgIpc) is 3.18. The average molecular weight is 377 g/mol. The van der Waals surface area contributed by atoms with E-state index in [4.69, 9.17) is 9.15 Å². The quantitative estimate of drug-likeness (QED) is 0.754. The Labute approximate surface area is 163 Å². The van der Waals surface area contributed by atoms with E-state index in [1.807, 2.05) is 48.5 Å². The molecule has 1 atom stereocenters. The molecule has 1 fully saturated rings. The van der Waals surface area contributed by atoms with E-state index in [-0.39, 0.29) is 17.9 Å². The van der Waals surface area contributed by atoms with E-state index in [9.17, 15) is 4.79 Å². The second kappa shape index (κ2) is 7.19. The fourth-order valence-corrected chi connectivity index (χ4v) is 4.11. The van der Waals surface area contributed by atoms with Crippen molar-refractivity contribution >= 4 is 23.0 Å². The fraction of sp³-hybridized carbons (Fsp3) is 0.364. The van der Waals surface area contributed by atoms with Gasteiger partial charge in [-0.05, 0) is 31.0 Å². The Morgan fingerprint density at radius 3 is 2.68 bits per heavy atom. The summed E-state index contributed by atoms with van der Waals surface area (Å²) in [6, 6.07) is 16.4. The number of amides is 1. The first-order chi connectivity index (χ1) is 13.8. The lowest BCUT2D eigenvalue weighted by molar-refractivity contribution is -0.126. The van der Waals surface area contributed by atoms with Crippen molar-refractivity contribution in [2.75, 3.05) is 24.6 Å². The van der Waals surface area contributed by atoms with Crippen LogP contribution in [0.1, 0.15) is 30.9 Å². The number of aromatic nitrogens is 1. The van der Waals surface area contributed by atoms with E-state index in [1.165, 1.54) is 0 Å². The van der Waals surface area contributed by atoms with Gasteiger partial charge < -0.3 is 19.4 Å². The number of rotatable bonds is 3. The van der Waals surface area contributed by atoms with E-state index in [0.717, 1.165) is 54.8 Å². The van der Waals surface area contributed by atoms with Gasteiger partial charge in [-0.2, -0.15) is 4.98 Å². The predicted molar refractivity (Wildman–Crippen MR) is 106 cm³/mol. The number of nitrogens with one attached hydrogen (secondary N) is 1. The van der Waals surface area contributed by atoms with Crippen LogP contribution < -0.4 is 15.0 Å². The number of anilines is 1. The minimum atomic E-state index is 0.0237. The molecule has 1 amide bonds. The molecular weight excluding hydrogens is 354 g/mol. The molecule has 0 spiro atoms. The molecule has 2 aliphatic rings. The maximum absolute atomic E-state index is 12.9. The van der Waals surface area contributed by atoms with E-state index in [1.54, 1.807) is 0 Å². The van der Waals surface area contributed by atoms with Crippen LogP contribution in [0.4, 0.5) is 6.01 Å². The minimum Gasteiger partial charge on any atom is -0.493 e. The zero-order chi connectivity index (χ0) is 18.9. The van der Waals surface area contributed by atoms with Gasteiger partial charge in [0.05, 0.1) is 12.6 Å². The van der Waals surface area contributed by atoms with Gasteiger partial charge in [0.1, 0.15) is 11.3 Å².